The van der Waals surface area contributed by atoms with Crippen molar-refractivity contribution in [1.82, 2.24) is 0 Å². The van der Waals surface area contributed by atoms with E-state index in [4.69, 9.17) is 25.8 Å². The highest BCUT2D eigenvalue weighted by Crippen LogP contribution is 2.38. The molecule has 3 aromatic rings. The maximum atomic E-state index is 10.8. The molecule has 0 bridgehead atoms. The SMILES string of the molecule is CCOc1ccc(Cc2cc(C3CC(OCc4ccccc4)CC(O)(CO)O3)ccc2Cl)cc1. The van der Waals surface area contributed by atoms with Crippen LogP contribution in [0.15, 0.2) is 72.8 Å². The summed E-state index contributed by atoms with van der Waals surface area (Å²) in [5.74, 6) is -0.814. The van der Waals surface area contributed by atoms with Crippen LogP contribution in [0.4, 0.5) is 0 Å². The summed E-state index contributed by atoms with van der Waals surface area (Å²) in [6.45, 7) is 2.52. The van der Waals surface area contributed by atoms with Crippen LogP contribution in [0.1, 0.15) is 48.1 Å². The highest BCUT2D eigenvalue weighted by molar-refractivity contribution is 6.31. The van der Waals surface area contributed by atoms with Crippen molar-refractivity contribution in [3.05, 3.63) is 100 Å². The lowest BCUT2D eigenvalue weighted by atomic mass is 9.92. The Bertz CT molecular complexity index is 1060. The Morgan fingerprint density at radius 2 is 1.79 bits per heavy atom. The molecule has 0 spiro atoms. The molecule has 1 heterocycles. The van der Waals surface area contributed by atoms with Crippen LogP contribution in [0.3, 0.4) is 0 Å². The van der Waals surface area contributed by atoms with Crippen LogP contribution in [-0.2, 0) is 22.5 Å². The van der Waals surface area contributed by atoms with Crippen molar-refractivity contribution >= 4 is 11.6 Å². The second-order valence-corrected chi connectivity index (χ2v) is 9.08. The number of aliphatic hydroxyl groups excluding tert-OH is 1. The summed E-state index contributed by atoms with van der Waals surface area (Å²) in [5.41, 5.74) is 4.03. The average Bonchev–Trinajstić information content (AvgIpc) is 2.86. The van der Waals surface area contributed by atoms with Crippen LogP contribution in [0.2, 0.25) is 5.02 Å². The third-order valence-electron chi connectivity index (χ3n) is 6.03. The van der Waals surface area contributed by atoms with Gasteiger partial charge in [-0.1, -0.05) is 66.2 Å². The van der Waals surface area contributed by atoms with Gasteiger partial charge in [0.15, 0.2) is 5.79 Å². The zero-order chi connectivity index (χ0) is 24.0. The molecule has 1 aliphatic rings. The van der Waals surface area contributed by atoms with Crippen molar-refractivity contribution in [2.75, 3.05) is 13.2 Å². The van der Waals surface area contributed by atoms with Crippen molar-refractivity contribution in [3.63, 3.8) is 0 Å². The van der Waals surface area contributed by atoms with Gasteiger partial charge in [-0.25, -0.2) is 0 Å². The Hall–Kier alpha value is -2.41. The molecule has 3 atom stereocenters. The van der Waals surface area contributed by atoms with Crippen LogP contribution in [0.25, 0.3) is 0 Å². The van der Waals surface area contributed by atoms with Crippen LogP contribution >= 0.6 is 11.6 Å². The highest BCUT2D eigenvalue weighted by atomic mass is 35.5. The predicted octanol–water partition coefficient (Wildman–Crippen LogP) is 5.45. The van der Waals surface area contributed by atoms with Crippen LogP contribution in [0, 0.1) is 0 Å². The summed E-state index contributed by atoms with van der Waals surface area (Å²) in [6.07, 6.45) is 0.743. The molecule has 2 N–H and O–H groups in total. The molecule has 3 aromatic carbocycles. The van der Waals surface area contributed by atoms with E-state index in [1.165, 1.54) is 0 Å². The lowest BCUT2D eigenvalue weighted by Gasteiger charge is -2.40. The van der Waals surface area contributed by atoms with Crippen molar-refractivity contribution in [2.45, 2.75) is 50.8 Å². The molecule has 180 valence electrons. The topological polar surface area (TPSA) is 68.2 Å². The molecular weight excluding hydrogens is 452 g/mol. The van der Waals surface area contributed by atoms with E-state index in [-0.39, 0.29) is 12.5 Å². The average molecular weight is 483 g/mol. The van der Waals surface area contributed by atoms with E-state index in [0.29, 0.717) is 31.1 Å². The quantitative estimate of drug-likeness (QED) is 0.424. The molecule has 0 radical (unpaired) electrons. The summed E-state index contributed by atoms with van der Waals surface area (Å²) in [6, 6.07) is 23.7. The molecule has 34 heavy (non-hydrogen) atoms. The fourth-order valence-electron chi connectivity index (χ4n) is 4.28. The molecule has 5 nitrogen and oxygen atoms in total. The largest absolute Gasteiger partial charge is 0.494 e. The van der Waals surface area contributed by atoms with E-state index in [1.807, 2.05) is 79.7 Å². The van der Waals surface area contributed by atoms with Gasteiger partial charge < -0.3 is 24.4 Å². The van der Waals surface area contributed by atoms with Crippen molar-refractivity contribution in [1.29, 1.82) is 0 Å². The number of hydrogen-bond acceptors (Lipinski definition) is 5. The maximum Gasteiger partial charge on any atom is 0.192 e. The normalized spacial score (nSPS) is 22.5. The fourth-order valence-corrected chi connectivity index (χ4v) is 4.46. The number of halogens is 1. The van der Waals surface area contributed by atoms with E-state index in [1.54, 1.807) is 0 Å². The summed E-state index contributed by atoms with van der Waals surface area (Å²) in [7, 11) is 0. The minimum absolute atomic E-state index is 0.208. The van der Waals surface area contributed by atoms with Gasteiger partial charge in [-0.2, -0.15) is 0 Å². The second-order valence-electron chi connectivity index (χ2n) is 8.67. The third-order valence-corrected chi connectivity index (χ3v) is 6.40. The number of benzene rings is 3. The first-order chi connectivity index (χ1) is 16.5. The summed E-state index contributed by atoms with van der Waals surface area (Å²) >= 11 is 6.52. The van der Waals surface area contributed by atoms with Gasteiger partial charge in [0.1, 0.15) is 5.75 Å². The monoisotopic (exact) mass is 482 g/mol. The predicted molar refractivity (Wildman–Crippen MR) is 132 cm³/mol. The molecule has 0 aromatic heterocycles. The maximum absolute atomic E-state index is 10.8. The lowest BCUT2D eigenvalue weighted by molar-refractivity contribution is -0.293. The zero-order valence-corrected chi connectivity index (χ0v) is 20.1. The first-order valence-corrected chi connectivity index (χ1v) is 12.0. The molecule has 1 fully saturated rings. The molecule has 1 saturated heterocycles. The molecule has 0 aliphatic carbocycles. The molecule has 6 heteroatoms. The second kappa shape index (κ2) is 11.3. The van der Waals surface area contributed by atoms with E-state index in [0.717, 1.165) is 28.0 Å². The van der Waals surface area contributed by atoms with Crippen molar-refractivity contribution in [3.8, 4) is 5.75 Å². The Kier molecular flexibility index (Phi) is 8.24. The van der Waals surface area contributed by atoms with Gasteiger partial charge in [0.25, 0.3) is 0 Å². The third kappa shape index (κ3) is 6.38. The lowest BCUT2D eigenvalue weighted by Crippen LogP contribution is -2.46. The van der Waals surface area contributed by atoms with Crippen LogP contribution < -0.4 is 4.74 Å². The van der Waals surface area contributed by atoms with Crippen molar-refractivity contribution < 1.29 is 24.4 Å². The molecule has 1 aliphatic heterocycles. The van der Waals surface area contributed by atoms with E-state index in [9.17, 15) is 10.2 Å². The van der Waals surface area contributed by atoms with Gasteiger partial charge in [0.05, 0.1) is 32.0 Å². The van der Waals surface area contributed by atoms with Crippen LogP contribution in [0.5, 0.6) is 5.75 Å². The van der Waals surface area contributed by atoms with Gasteiger partial charge >= 0.3 is 0 Å². The van der Waals surface area contributed by atoms with Gasteiger partial charge in [-0.05, 0) is 53.8 Å². The number of hydrogen-bond donors (Lipinski definition) is 2. The Morgan fingerprint density at radius 3 is 2.50 bits per heavy atom. The van der Waals surface area contributed by atoms with E-state index >= 15 is 0 Å². The smallest absolute Gasteiger partial charge is 0.192 e. The van der Waals surface area contributed by atoms with Crippen LogP contribution in [-0.4, -0.2) is 35.3 Å². The summed E-state index contributed by atoms with van der Waals surface area (Å²) < 4.78 is 17.6. The standard InChI is InChI=1S/C28H31ClO5/c1-2-32-24-11-8-20(9-12-24)14-23-15-22(10-13-26(23)29)27-16-25(17-28(31,19-30)34-27)33-18-21-6-4-3-5-7-21/h3-13,15,25,27,30-31H,2,14,16-19H2,1H3. The van der Waals surface area contributed by atoms with Gasteiger partial charge in [0, 0.05) is 17.9 Å². The molecule has 3 unspecified atom stereocenters. The fraction of sp³-hybridized carbons (Fsp3) is 0.357. The number of rotatable bonds is 9. The summed E-state index contributed by atoms with van der Waals surface area (Å²) in [5, 5.41) is 21.3. The number of ether oxygens (including phenoxy) is 3. The molecule has 4 rings (SSSR count). The Balaban J connectivity index is 1.49. The minimum Gasteiger partial charge on any atom is -0.494 e. The summed E-state index contributed by atoms with van der Waals surface area (Å²) in [4.78, 5) is 0. The Labute approximate surface area is 205 Å². The number of aliphatic hydroxyl groups is 2. The molecular formula is C28H31ClO5. The molecule has 0 saturated carbocycles. The first-order valence-electron chi connectivity index (χ1n) is 11.6. The Morgan fingerprint density at radius 1 is 1.03 bits per heavy atom. The first kappa shape index (κ1) is 24.7. The minimum atomic E-state index is -1.65. The van der Waals surface area contributed by atoms with E-state index in [2.05, 4.69) is 0 Å². The van der Waals surface area contributed by atoms with Gasteiger partial charge in [-0.3, -0.25) is 0 Å². The van der Waals surface area contributed by atoms with Crippen molar-refractivity contribution in [2.24, 2.45) is 0 Å². The van der Waals surface area contributed by atoms with E-state index < -0.39 is 18.5 Å². The molecule has 0 amide bonds. The zero-order valence-electron chi connectivity index (χ0n) is 19.3. The van der Waals surface area contributed by atoms with Gasteiger partial charge in [0.2, 0.25) is 0 Å². The van der Waals surface area contributed by atoms with Gasteiger partial charge in [-0.15, -0.1) is 0 Å². The highest BCUT2D eigenvalue weighted by Gasteiger charge is 2.41.